The molecule has 7 heteroatoms. The molecule has 184 valence electrons. The predicted octanol–water partition coefficient (Wildman–Crippen LogP) is 4.65. The summed E-state index contributed by atoms with van der Waals surface area (Å²) in [5, 5.41) is 12.8. The topological polar surface area (TPSA) is 74.2 Å². The average molecular weight is 479 g/mol. The molecule has 1 aromatic heterocycles. The summed E-state index contributed by atoms with van der Waals surface area (Å²) in [6.07, 6.45) is 12.8. The van der Waals surface area contributed by atoms with Crippen LogP contribution in [-0.2, 0) is 30.2 Å². The molecule has 0 aromatic carbocycles. The Labute approximate surface area is 201 Å². The molecule has 3 heterocycles. The average Bonchev–Trinajstić information content (AvgIpc) is 3.46. The first-order chi connectivity index (χ1) is 16.2. The van der Waals surface area contributed by atoms with E-state index in [0.29, 0.717) is 12.8 Å². The second-order valence-electron chi connectivity index (χ2n) is 9.39. The van der Waals surface area contributed by atoms with Gasteiger partial charge < -0.3 is 28.8 Å². The van der Waals surface area contributed by atoms with E-state index in [-0.39, 0.29) is 36.6 Å². The molecule has 0 spiro atoms. The largest absolute Gasteiger partial charge is 0.393 e. The van der Waals surface area contributed by atoms with Gasteiger partial charge in [0.25, 0.3) is 0 Å². The summed E-state index contributed by atoms with van der Waals surface area (Å²) in [6.45, 7) is 1.47. The van der Waals surface area contributed by atoms with Crippen molar-refractivity contribution in [3.63, 3.8) is 0 Å². The van der Waals surface area contributed by atoms with Crippen LogP contribution in [0.1, 0.15) is 62.7 Å². The first kappa shape index (κ1) is 25.0. The van der Waals surface area contributed by atoms with Gasteiger partial charge in [-0.1, -0.05) is 18.2 Å². The molecular weight excluding hydrogens is 440 g/mol. The zero-order chi connectivity index (χ0) is 22.9. The number of rotatable bonds is 11. The fourth-order valence-corrected chi connectivity index (χ4v) is 5.89. The number of aldehydes is 1. The Hall–Kier alpha value is -1.09. The molecule has 0 amide bonds. The quantitative estimate of drug-likeness (QED) is 0.369. The molecule has 7 atom stereocenters. The van der Waals surface area contributed by atoms with Crippen molar-refractivity contribution < 1.29 is 28.8 Å². The van der Waals surface area contributed by atoms with Crippen molar-refractivity contribution in [2.75, 3.05) is 13.2 Å². The molecule has 1 saturated carbocycles. The number of thiophene rings is 1. The van der Waals surface area contributed by atoms with Crippen LogP contribution in [-0.4, -0.2) is 55.5 Å². The van der Waals surface area contributed by atoms with Gasteiger partial charge in [0.15, 0.2) is 12.6 Å². The maximum Gasteiger partial charge on any atom is 0.158 e. The molecule has 1 aromatic rings. The summed E-state index contributed by atoms with van der Waals surface area (Å²) in [4.78, 5) is 12.7. The normalized spacial score (nSPS) is 34.0. The molecule has 3 aliphatic rings. The highest BCUT2D eigenvalue weighted by Gasteiger charge is 2.43. The Balaban J connectivity index is 1.44. The van der Waals surface area contributed by atoms with Gasteiger partial charge >= 0.3 is 0 Å². The SMILES string of the molecule is O=CCC1C(O)CC(OC2CCCCO2)C1C=CC(CCc1cccs1)OC1CCCCO1. The van der Waals surface area contributed by atoms with Gasteiger partial charge in [0, 0.05) is 42.8 Å². The summed E-state index contributed by atoms with van der Waals surface area (Å²) in [5.74, 6) is -0.188. The van der Waals surface area contributed by atoms with Crippen molar-refractivity contribution in [1.82, 2.24) is 0 Å². The second-order valence-corrected chi connectivity index (χ2v) is 10.4. The monoisotopic (exact) mass is 478 g/mol. The number of ether oxygens (including phenoxy) is 4. The van der Waals surface area contributed by atoms with Crippen LogP contribution < -0.4 is 0 Å². The predicted molar refractivity (Wildman–Crippen MR) is 127 cm³/mol. The molecule has 6 nitrogen and oxygen atoms in total. The lowest BCUT2D eigenvalue weighted by Gasteiger charge is -2.29. The molecule has 0 radical (unpaired) electrons. The van der Waals surface area contributed by atoms with Crippen LogP contribution in [0.5, 0.6) is 0 Å². The molecule has 2 aliphatic heterocycles. The van der Waals surface area contributed by atoms with Crippen molar-refractivity contribution in [2.45, 2.75) is 95.1 Å². The summed E-state index contributed by atoms with van der Waals surface area (Å²) in [6, 6.07) is 4.24. The van der Waals surface area contributed by atoms with Crippen molar-refractivity contribution >= 4 is 17.6 Å². The highest BCUT2D eigenvalue weighted by molar-refractivity contribution is 7.09. The van der Waals surface area contributed by atoms with Gasteiger partial charge in [-0.2, -0.15) is 0 Å². The Morgan fingerprint density at radius 3 is 2.61 bits per heavy atom. The standard InChI is InChI=1S/C26H38O6S/c27-14-13-21-22(24(18-23(21)28)32-26-8-2-4-16-30-26)12-10-19(9-11-20-6-5-17-33-20)31-25-7-1-3-15-29-25/h5-6,10,12,14,17,19,21-26,28H,1-4,7-9,11,13,15-16,18H2. The molecule has 3 fully saturated rings. The fraction of sp³-hybridized carbons (Fsp3) is 0.731. The van der Waals surface area contributed by atoms with Gasteiger partial charge in [-0.15, -0.1) is 11.3 Å². The van der Waals surface area contributed by atoms with Gasteiger partial charge in [0.1, 0.15) is 6.29 Å². The van der Waals surface area contributed by atoms with E-state index in [9.17, 15) is 9.90 Å². The molecule has 7 unspecified atom stereocenters. The summed E-state index contributed by atoms with van der Waals surface area (Å²) >= 11 is 1.76. The van der Waals surface area contributed by atoms with E-state index in [2.05, 4.69) is 29.7 Å². The van der Waals surface area contributed by atoms with E-state index in [1.807, 2.05) is 0 Å². The molecular formula is C26H38O6S. The lowest BCUT2D eigenvalue weighted by Crippen LogP contribution is -2.31. The van der Waals surface area contributed by atoms with Gasteiger partial charge in [-0.05, 0) is 62.8 Å². The summed E-state index contributed by atoms with van der Waals surface area (Å²) in [7, 11) is 0. The van der Waals surface area contributed by atoms with Crippen LogP contribution >= 0.6 is 11.3 Å². The Morgan fingerprint density at radius 1 is 1.15 bits per heavy atom. The molecule has 1 aliphatic carbocycles. The van der Waals surface area contributed by atoms with Crippen LogP contribution in [0.4, 0.5) is 0 Å². The van der Waals surface area contributed by atoms with Gasteiger partial charge in [-0.3, -0.25) is 0 Å². The van der Waals surface area contributed by atoms with Gasteiger partial charge in [0.05, 0.1) is 18.3 Å². The van der Waals surface area contributed by atoms with Gasteiger partial charge in [0.2, 0.25) is 0 Å². The van der Waals surface area contributed by atoms with Crippen molar-refractivity contribution in [2.24, 2.45) is 11.8 Å². The number of hydrogen-bond acceptors (Lipinski definition) is 7. The Morgan fingerprint density at radius 2 is 1.94 bits per heavy atom. The van der Waals surface area contributed by atoms with E-state index < -0.39 is 6.10 Å². The van der Waals surface area contributed by atoms with Crippen molar-refractivity contribution in [3.8, 4) is 0 Å². The van der Waals surface area contributed by atoms with E-state index in [1.165, 1.54) is 4.88 Å². The van der Waals surface area contributed by atoms with Crippen LogP contribution in [0.2, 0.25) is 0 Å². The minimum atomic E-state index is -0.550. The molecule has 33 heavy (non-hydrogen) atoms. The summed E-state index contributed by atoms with van der Waals surface area (Å²) in [5.41, 5.74) is 0. The highest BCUT2D eigenvalue weighted by atomic mass is 32.1. The zero-order valence-corrected chi connectivity index (χ0v) is 20.2. The third-order valence-corrected chi connectivity index (χ3v) is 7.93. The highest BCUT2D eigenvalue weighted by Crippen LogP contribution is 2.39. The van der Waals surface area contributed by atoms with Crippen LogP contribution in [0, 0.1) is 11.8 Å². The molecule has 0 bridgehead atoms. The maximum atomic E-state index is 11.3. The van der Waals surface area contributed by atoms with E-state index >= 15 is 0 Å². The minimum absolute atomic E-state index is 0.0455. The summed E-state index contributed by atoms with van der Waals surface area (Å²) < 4.78 is 24.3. The van der Waals surface area contributed by atoms with E-state index in [0.717, 1.165) is 70.9 Å². The number of carbonyl (C=O) groups is 1. The second kappa shape index (κ2) is 13.1. The molecule has 1 N–H and O–H groups in total. The van der Waals surface area contributed by atoms with Crippen molar-refractivity contribution in [3.05, 3.63) is 34.5 Å². The van der Waals surface area contributed by atoms with Crippen LogP contribution in [0.15, 0.2) is 29.7 Å². The zero-order valence-electron chi connectivity index (χ0n) is 19.4. The smallest absolute Gasteiger partial charge is 0.158 e. The van der Waals surface area contributed by atoms with E-state index in [1.54, 1.807) is 11.3 Å². The van der Waals surface area contributed by atoms with Crippen molar-refractivity contribution in [1.29, 1.82) is 0 Å². The molecule has 2 saturated heterocycles. The number of aryl methyl sites for hydroxylation is 1. The Bertz CT molecular complexity index is 710. The maximum absolute atomic E-state index is 11.3. The van der Waals surface area contributed by atoms with Gasteiger partial charge in [-0.25, -0.2) is 0 Å². The first-order valence-electron chi connectivity index (χ1n) is 12.6. The number of aliphatic hydroxyl groups excluding tert-OH is 1. The third kappa shape index (κ3) is 7.44. The van der Waals surface area contributed by atoms with Crippen LogP contribution in [0.3, 0.4) is 0 Å². The number of aliphatic hydroxyl groups is 1. The lowest BCUT2D eigenvalue weighted by molar-refractivity contribution is -0.193. The third-order valence-electron chi connectivity index (χ3n) is 6.99. The Kier molecular flexibility index (Phi) is 9.95. The number of carbonyl (C=O) groups excluding carboxylic acids is 1. The lowest BCUT2D eigenvalue weighted by atomic mass is 9.90. The molecule has 4 rings (SSSR count). The van der Waals surface area contributed by atoms with Crippen LogP contribution in [0.25, 0.3) is 0 Å². The fourth-order valence-electron chi connectivity index (χ4n) is 5.17. The van der Waals surface area contributed by atoms with E-state index in [4.69, 9.17) is 18.9 Å². The first-order valence-corrected chi connectivity index (χ1v) is 13.5. The minimum Gasteiger partial charge on any atom is -0.393 e. The number of hydrogen-bond donors (Lipinski definition) is 1.